The van der Waals surface area contributed by atoms with Gasteiger partial charge >= 0.3 is 0 Å². The van der Waals surface area contributed by atoms with Crippen molar-refractivity contribution in [2.75, 3.05) is 0 Å². The molecule has 2 nitrogen and oxygen atoms in total. The first-order valence-corrected chi connectivity index (χ1v) is 3.10. The third kappa shape index (κ3) is 1.49. The van der Waals surface area contributed by atoms with Crippen LogP contribution in [0, 0.1) is 0 Å². The molecule has 0 spiro atoms. The second-order valence-electron chi connectivity index (χ2n) is 1.96. The molecule has 9 heavy (non-hydrogen) atoms. The SMILES string of the molecule is CCC1=NC(=O)CC=C1. The lowest BCUT2D eigenvalue weighted by molar-refractivity contribution is -0.117. The largest absolute Gasteiger partial charge is 0.272 e. The molecule has 1 amide bonds. The fourth-order valence-electron chi connectivity index (χ4n) is 0.736. The molecule has 0 N–H and O–H groups in total. The van der Waals surface area contributed by atoms with Crippen molar-refractivity contribution in [2.45, 2.75) is 19.8 Å². The first-order chi connectivity index (χ1) is 4.33. The fourth-order valence-corrected chi connectivity index (χ4v) is 0.736. The third-order valence-corrected chi connectivity index (χ3v) is 1.23. The van der Waals surface area contributed by atoms with Crippen LogP contribution in [0.5, 0.6) is 0 Å². The molecule has 0 aliphatic carbocycles. The van der Waals surface area contributed by atoms with Crippen LogP contribution in [0.4, 0.5) is 0 Å². The average molecular weight is 123 g/mol. The zero-order valence-corrected chi connectivity index (χ0v) is 5.42. The molecular weight excluding hydrogens is 114 g/mol. The predicted molar refractivity (Wildman–Crippen MR) is 36.5 cm³/mol. The Hall–Kier alpha value is -0.920. The maximum absolute atomic E-state index is 10.6. The molecular formula is C7H9NO. The minimum absolute atomic E-state index is 0.0191. The minimum atomic E-state index is -0.0191. The van der Waals surface area contributed by atoms with Crippen LogP contribution in [-0.4, -0.2) is 11.6 Å². The summed E-state index contributed by atoms with van der Waals surface area (Å²) in [5.41, 5.74) is 0.895. The minimum Gasteiger partial charge on any atom is -0.272 e. The highest BCUT2D eigenvalue weighted by atomic mass is 16.1. The zero-order chi connectivity index (χ0) is 6.69. The molecule has 0 aromatic carbocycles. The number of carbonyl (C=O) groups excluding carboxylic acids is 1. The average Bonchev–Trinajstić information content (AvgIpc) is 1.88. The first kappa shape index (κ1) is 6.20. The Labute approximate surface area is 54.3 Å². The third-order valence-electron chi connectivity index (χ3n) is 1.23. The molecule has 0 fully saturated rings. The van der Waals surface area contributed by atoms with E-state index in [9.17, 15) is 4.79 Å². The van der Waals surface area contributed by atoms with E-state index in [-0.39, 0.29) is 5.91 Å². The fraction of sp³-hybridized carbons (Fsp3) is 0.429. The van der Waals surface area contributed by atoms with Gasteiger partial charge in [-0.2, -0.15) is 0 Å². The van der Waals surface area contributed by atoms with Gasteiger partial charge in [-0.3, -0.25) is 4.79 Å². The Morgan fingerprint density at radius 3 is 3.00 bits per heavy atom. The second-order valence-corrected chi connectivity index (χ2v) is 1.96. The Kier molecular flexibility index (Phi) is 1.78. The van der Waals surface area contributed by atoms with Crippen LogP contribution in [0.2, 0.25) is 0 Å². The van der Waals surface area contributed by atoms with Crippen molar-refractivity contribution in [1.82, 2.24) is 0 Å². The molecule has 0 saturated carbocycles. The summed E-state index contributed by atoms with van der Waals surface area (Å²) >= 11 is 0. The topological polar surface area (TPSA) is 29.4 Å². The molecule has 0 aromatic rings. The maximum atomic E-state index is 10.6. The van der Waals surface area contributed by atoms with E-state index in [0.29, 0.717) is 6.42 Å². The molecule has 0 atom stereocenters. The van der Waals surface area contributed by atoms with Crippen LogP contribution in [0.15, 0.2) is 17.1 Å². The summed E-state index contributed by atoms with van der Waals surface area (Å²) < 4.78 is 0. The Morgan fingerprint density at radius 1 is 1.78 bits per heavy atom. The Bertz CT molecular complexity index is 179. The highest BCUT2D eigenvalue weighted by molar-refractivity contribution is 6.04. The van der Waals surface area contributed by atoms with Gasteiger partial charge < -0.3 is 0 Å². The van der Waals surface area contributed by atoms with Crippen molar-refractivity contribution in [2.24, 2.45) is 4.99 Å². The standard InChI is InChI=1S/C7H9NO/c1-2-6-4-3-5-7(9)8-6/h3-4H,2,5H2,1H3. The molecule has 1 aliphatic heterocycles. The summed E-state index contributed by atoms with van der Waals surface area (Å²) in [5.74, 6) is -0.0191. The normalized spacial score (nSPS) is 17.9. The van der Waals surface area contributed by atoms with E-state index in [1.54, 1.807) is 0 Å². The van der Waals surface area contributed by atoms with E-state index in [1.165, 1.54) is 0 Å². The van der Waals surface area contributed by atoms with Crippen LogP contribution in [-0.2, 0) is 4.79 Å². The van der Waals surface area contributed by atoms with Crippen molar-refractivity contribution in [3.8, 4) is 0 Å². The van der Waals surface area contributed by atoms with E-state index >= 15 is 0 Å². The first-order valence-electron chi connectivity index (χ1n) is 3.10. The van der Waals surface area contributed by atoms with Gasteiger partial charge in [-0.25, -0.2) is 4.99 Å². The molecule has 0 bridgehead atoms. The maximum Gasteiger partial charge on any atom is 0.249 e. The number of hydrogen-bond donors (Lipinski definition) is 0. The monoisotopic (exact) mass is 123 g/mol. The molecule has 1 rings (SSSR count). The van der Waals surface area contributed by atoms with Gasteiger partial charge in [-0.1, -0.05) is 13.0 Å². The van der Waals surface area contributed by atoms with Gasteiger partial charge in [0.15, 0.2) is 0 Å². The summed E-state index contributed by atoms with van der Waals surface area (Å²) in [6, 6.07) is 0. The van der Waals surface area contributed by atoms with Crippen molar-refractivity contribution in [3.05, 3.63) is 12.2 Å². The van der Waals surface area contributed by atoms with Crippen LogP contribution in [0.3, 0.4) is 0 Å². The van der Waals surface area contributed by atoms with Crippen molar-refractivity contribution in [1.29, 1.82) is 0 Å². The lowest BCUT2D eigenvalue weighted by Gasteiger charge is -1.99. The van der Waals surface area contributed by atoms with Gasteiger partial charge in [-0.15, -0.1) is 0 Å². The van der Waals surface area contributed by atoms with Crippen molar-refractivity contribution >= 4 is 11.6 Å². The quantitative estimate of drug-likeness (QED) is 0.517. The van der Waals surface area contributed by atoms with Gasteiger partial charge in [-0.05, 0) is 12.5 Å². The smallest absolute Gasteiger partial charge is 0.249 e. The summed E-state index contributed by atoms with van der Waals surface area (Å²) in [7, 11) is 0. The lowest BCUT2D eigenvalue weighted by atomic mass is 10.2. The summed E-state index contributed by atoms with van der Waals surface area (Å²) in [6.45, 7) is 1.99. The van der Waals surface area contributed by atoms with Gasteiger partial charge in [0, 0.05) is 12.1 Å². The zero-order valence-electron chi connectivity index (χ0n) is 5.42. The van der Waals surface area contributed by atoms with Gasteiger partial charge in [0.25, 0.3) is 0 Å². The van der Waals surface area contributed by atoms with Crippen LogP contribution < -0.4 is 0 Å². The van der Waals surface area contributed by atoms with Gasteiger partial charge in [0.2, 0.25) is 5.91 Å². The van der Waals surface area contributed by atoms with Crippen molar-refractivity contribution < 1.29 is 4.79 Å². The molecule has 0 unspecified atom stereocenters. The molecule has 0 radical (unpaired) electrons. The van der Waals surface area contributed by atoms with Crippen molar-refractivity contribution in [3.63, 3.8) is 0 Å². The summed E-state index contributed by atoms with van der Waals surface area (Å²) in [6.07, 6.45) is 5.08. The van der Waals surface area contributed by atoms with E-state index in [1.807, 2.05) is 19.1 Å². The highest BCUT2D eigenvalue weighted by Gasteiger charge is 2.02. The van der Waals surface area contributed by atoms with Crippen LogP contribution >= 0.6 is 0 Å². The van der Waals surface area contributed by atoms with Crippen LogP contribution in [0.25, 0.3) is 0 Å². The van der Waals surface area contributed by atoms with E-state index in [2.05, 4.69) is 4.99 Å². The number of nitrogens with zero attached hydrogens (tertiary/aromatic N) is 1. The molecule has 0 aromatic heterocycles. The predicted octanol–water partition coefficient (Wildman–Crippen LogP) is 1.32. The van der Waals surface area contributed by atoms with Crippen LogP contribution in [0.1, 0.15) is 19.8 Å². The number of amides is 1. The summed E-state index contributed by atoms with van der Waals surface area (Å²) in [4.78, 5) is 14.4. The number of carbonyl (C=O) groups is 1. The molecule has 0 saturated heterocycles. The van der Waals surface area contributed by atoms with Gasteiger partial charge in [0.1, 0.15) is 0 Å². The Morgan fingerprint density at radius 2 is 2.56 bits per heavy atom. The van der Waals surface area contributed by atoms with E-state index in [0.717, 1.165) is 12.1 Å². The van der Waals surface area contributed by atoms with E-state index in [4.69, 9.17) is 0 Å². The molecule has 1 aliphatic rings. The second kappa shape index (κ2) is 2.58. The number of dihydropyridines is 1. The van der Waals surface area contributed by atoms with E-state index < -0.39 is 0 Å². The number of rotatable bonds is 1. The number of aliphatic imine (C=N–C) groups is 1. The van der Waals surface area contributed by atoms with Gasteiger partial charge in [0.05, 0.1) is 0 Å². The highest BCUT2D eigenvalue weighted by Crippen LogP contribution is 2.00. The molecule has 48 valence electrons. The lowest BCUT2D eigenvalue weighted by Crippen LogP contribution is -2.03. The number of allylic oxidation sites excluding steroid dienone is 1. The molecule has 1 heterocycles. The number of hydrogen-bond acceptors (Lipinski definition) is 1. The summed E-state index contributed by atoms with van der Waals surface area (Å²) in [5, 5.41) is 0. The Balaban J connectivity index is 2.70. The molecule has 2 heteroatoms.